The molecule has 0 saturated heterocycles. The van der Waals surface area contributed by atoms with Gasteiger partial charge in [0.15, 0.2) is 0 Å². The summed E-state index contributed by atoms with van der Waals surface area (Å²) in [5.41, 5.74) is 9.37. The average molecular weight is 652 g/mol. The van der Waals surface area contributed by atoms with Crippen molar-refractivity contribution in [3.8, 4) is 0 Å². The van der Waals surface area contributed by atoms with Gasteiger partial charge in [0.05, 0.1) is 21.6 Å². The Morgan fingerprint density at radius 1 is 0.932 bits per heavy atom. The van der Waals surface area contributed by atoms with Gasteiger partial charge in [0.25, 0.3) is 10.0 Å². The van der Waals surface area contributed by atoms with E-state index in [1.165, 1.54) is 3.97 Å². The number of aryl methyl sites for hydroxylation is 1. The van der Waals surface area contributed by atoms with Crippen LogP contribution in [0.3, 0.4) is 0 Å². The molecule has 0 aliphatic rings. The van der Waals surface area contributed by atoms with Crippen molar-refractivity contribution in [1.82, 2.24) is 9.29 Å². The molecule has 0 atom stereocenters. The Hall–Kier alpha value is -4.05. The van der Waals surface area contributed by atoms with Gasteiger partial charge in [-0.2, -0.15) is 0 Å². The van der Waals surface area contributed by atoms with E-state index in [0.29, 0.717) is 48.7 Å². The number of carbonyl (C=O) groups excluding carboxylic acids is 1. The lowest BCUT2D eigenvalue weighted by atomic mass is 10.0. The van der Waals surface area contributed by atoms with Crippen LogP contribution >= 0.6 is 23.2 Å². The zero-order chi connectivity index (χ0) is 31.8. The number of benzene rings is 4. The van der Waals surface area contributed by atoms with Crippen LogP contribution in [-0.4, -0.2) is 36.5 Å². The number of fused-ring (bicyclic) bond motifs is 3. The second kappa shape index (κ2) is 12.1. The maximum atomic E-state index is 14.3. The molecule has 3 N–H and O–H groups in total. The first-order valence-electron chi connectivity index (χ1n) is 13.9. The normalized spacial score (nSPS) is 12.5. The molecule has 44 heavy (non-hydrogen) atoms. The van der Waals surface area contributed by atoms with Gasteiger partial charge in [0, 0.05) is 32.9 Å². The first-order valence-corrected chi connectivity index (χ1v) is 16.1. The van der Waals surface area contributed by atoms with Crippen molar-refractivity contribution < 1.29 is 17.9 Å². The molecule has 1 amide bonds. The Kier molecular flexibility index (Phi) is 8.66. The molecule has 1 heterocycles. The second-order valence-corrected chi connectivity index (χ2v) is 14.1. The molecule has 0 unspecified atom stereocenters. The van der Waals surface area contributed by atoms with Crippen LogP contribution in [0.5, 0.6) is 0 Å². The largest absolute Gasteiger partial charge is 0.444 e. The summed E-state index contributed by atoms with van der Waals surface area (Å²) in [6.45, 7) is 7.41. The van der Waals surface area contributed by atoms with Crippen molar-refractivity contribution in [1.29, 1.82) is 0 Å². The molecular weight excluding hydrogens is 619 g/mol. The van der Waals surface area contributed by atoms with E-state index in [9.17, 15) is 13.2 Å². The molecule has 0 fully saturated rings. The molecule has 1 aromatic heterocycles. The number of aromatic nitrogens is 1. The Morgan fingerprint density at radius 3 is 2.25 bits per heavy atom. The van der Waals surface area contributed by atoms with Gasteiger partial charge in [-0.3, -0.25) is 0 Å². The topological polar surface area (TPSA) is 116 Å². The maximum absolute atomic E-state index is 14.3. The van der Waals surface area contributed by atoms with E-state index in [4.69, 9.17) is 33.7 Å². The number of alkyl carbamates (subject to hydrolysis) is 1. The summed E-state index contributed by atoms with van der Waals surface area (Å²) < 4.78 is 35.3. The Balaban J connectivity index is 1.72. The van der Waals surface area contributed by atoms with Crippen LogP contribution in [0.15, 0.2) is 88.8 Å². The van der Waals surface area contributed by atoms with Gasteiger partial charge in [-0.25, -0.2) is 22.2 Å². The first-order chi connectivity index (χ1) is 20.7. The van der Waals surface area contributed by atoms with Crippen LogP contribution < -0.4 is 11.1 Å². The lowest BCUT2D eigenvalue weighted by Crippen LogP contribution is -2.33. The van der Waals surface area contributed by atoms with Crippen LogP contribution in [0.2, 0.25) is 10.0 Å². The summed E-state index contributed by atoms with van der Waals surface area (Å²) in [5.74, 6) is 0.257. The lowest BCUT2D eigenvalue weighted by Gasteiger charge is -2.19. The molecule has 8 nitrogen and oxygen atoms in total. The summed E-state index contributed by atoms with van der Waals surface area (Å²) in [6, 6.07) is 22.3. The molecule has 0 aliphatic heterocycles. The van der Waals surface area contributed by atoms with Crippen LogP contribution in [0.25, 0.3) is 21.8 Å². The van der Waals surface area contributed by atoms with Crippen molar-refractivity contribution in [3.05, 3.63) is 106 Å². The van der Waals surface area contributed by atoms with Crippen molar-refractivity contribution in [2.45, 2.75) is 44.6 Å². The zero-order valence-electron chi connectivity index (χ0n) is 24.7. The van der Waals surface area contributed by atoms with E-state index in [0.717, 1.165) is 5.56 Å². The first kappa shape index (κ1) is 31.4. The highest BCUT2D eigenvalue weighted by atomic mass is 35.5. The minimum absolute atomic E-state index is 0.142. The van der Waals surface area contributed by atoms with Gasteiger partial charge < -0.3 is 15.8 Å². The third kappa shape index (κ3) is 6.70. The van der Waals surface area contributed by atoms with Crippen LogP contribution in [0.1, 0.15) is 37.5 Å². The van der Waals surface area contributed by atoms with E-state index in [1.54, 1.807) is 99.6 Å². The highest BCUT2D eigenvalue weighted by Crippen LogP contribution is 2.38. The SMILES string of the molecule is Cc1ccc(S(=O)(=O)n2c3ccc(Cl)cc3c3cc(N=C(N)c4ccc(Cl)cc4)cc(CCNC(=O)OC(C)(C)C)c32)cc1. The fourth-order valence-corrected chi connectivity index (χ4v) is 6.77. The molecule has 0 bridgehead atoms. The predicted octanol–water partition coefficient (Wildman–Crippen LogP) is 7.75. The fraction of sp³-hybridized carbons (Fsp3) is 0.212. The van der Waals surface area contributed by atoms with Gasteiger partial charge in [0.1, 0.15) is 11.4 Å². The molecule has 0 saturated carbocycles. The van der Waals surface area contributed by atoms with Gasteiger partial charge in [-0.15, -0.1) is 0 Å². The average Bonchev–Trinajstić information content (AvgIpc) is 3.27. The summed E-state index contributed by atoms with van der Waals surface area (Å²) in [4.78, 5) is 17.2. The van der Waals surface area contributed by atoms with Crippen molar-refractivity contribution in [3.63, 3.8) is 0 Å². The van der Waals surface area contributed by atoms with Gasteiger partial charge in [-0.05, 0) is 106 Å². The number of rotatable bonds is 7. The number of amidine groups is 1. The summed E-state index contributed by atoms with van der Waals surface area (Å²) in [7, 11) is -4.06. The van der Waals surface area contributed by atoms with Crippen LogP contribution in [0.4, 0.5) is 10.5 Å². The molecule has 11 heteroatoms. The Labute approximate surface area is 266 Å². The number of amides is 1. The fourth-order valence-electron chi connectivity index (χ4n) is 4.90. The number of halogens is 2. The smallest absolute Gasteiger partial charge is 0.407 e. The lowest BCUT2D eigenvalue weighted by molar-refractivity contribution is 0.0528. The highest BCUT2D eigenvalue weighted by molar-refractivity contribution is 7.90. The van der Waals surface area contributed by atoms with E-state index < -0.39 is 21.7 Å². The Bertz CT molecular complexity index is 2010. The molecule has 4 aromatic carbocycles. The number of carbonyl (C=O) groups is 1. The van der Waals surface area contributed by atoms with E-state index in [2.05, 4.69) is 10.3 Å². The standard InChI is InChI=1S/C33H32Cl2N4O4S/c1-20-5-12-26(13-6-20)44(41,42)39-29-14-11-24(35)18-27(29)28-19-25(38-31(36)21-7-9-23(34)10-8-21)17-22(30(28)39)15-16-37-32(40)43-33(2,3)4/h5-14,17-19H,15-16H2,1-4H3,(H2,36,38)(H,37,40). The molecule has 0 spiro atoms. The molecule has 5 aromatic rings. The maximum Gasteiger partial charge on any atom is 0.407 e. The number of aliphatic imine (C=N–C) groups is 1. The molecule has 228 valence electrons. The third-order valence-electron chi connectivity index (χ3n) is 6.86. The van der Waals surface area contributed by atoms with Crippen LogP contribution in [-0.2, 0) is 21.2 Å². The molecular formula is C33H32Cl2N4O4S. The number of hydrogen-bond donors (Lipinski definition) is 2. The molecule has 0 radical (unpaired) electrons. The van der Waals surface area contributed by atoms with E-state index in [1.807, 2.05) is 6.92 Å². The van der Waals surface area contributed by atoms with Crippen molar-refractivity contribution >= 4 is 72.6 Å². The number of nitrogens with zero attached hydrogens (tertiary/aromatic N) is 2. The third-order valence-corrected chi connectivity index (χ3v) is 9.07. The van der Waals surface area contributed by atoms with Gasteiger partial charge in [0.2, 0.25) is 0 Å². The minimum atomic E-state index is -4.06. The van der Waals surface area contributed by atoms with Crippen molar-refractivity contribution in [2.75, 3.05) is 6.54 Å². The van der Waals surface area contributed by atoms with E-state index in [-0.39, 0.29) is 23.7 Å². The second-order valence-electron chi connectivity index (χ2n) is 11.4. The van der Waals surface area contributed by atoms with Gasteiger partial charge >= 0.3 is 6.09 Å². The number of nitrogens with two attached hydrogens (primary N) is 1. The quantitative estimate of drug-likeness (QED) is 0.138. The predicted molar refractivity (Wildman–Crippen MR) is 178 cm³/mol. The molecule has 5 rings (SSSR count). The summed E-state index contributed by atoms with van der Waals surface area (Å²) >= 11 is 12.5. The summed E-state index contributed by atoms with van der Waals surface area (Å²) in [5, 5.41) is 5.04. The Morgan fingerprint density at radius 2 is 1.59 bits per heavy atom. The molecule has 0 aliphatic carbocycles. The number of nitrogens with one attached hydrogen (secondary N) is 1. The van der Waals surface area contributed by atoms with E-state index >= 15 is 0 Å². The highest BCUT2D eigenvalue weighted by Gasteiger charge is 2.26. The summed E-state index contributed by atoms with van der Waals surface area (Å²) in [6.07, 6.45) is -0.303. The minimum Gasteiger partial charge on any atom is -0.444 e. The monoisotopic (exact) mass is 650 g/mol. The van der Waals surface area contributed by atoms with Crippen LogP contribution in [0, 0.1) is 6.92 Å². The zero-order valence-corrected chi connectivity index (χ0v) is 27.0. The van der Waals surface area contributed by atoms with Crippen molar-refractivity contribution in [2.24, 2.45) is 10.7 Å². The van der Waals surface area contributed by atoms with Gasteiger partial charge in [-0.1, -0.05) is 40.9 Å². The number of hydrogen-bond acceptors (Lipinski definition) is 5. The number of ether oxygens (including phenoxy) is 1.